The van der Waals surface area contributed by atoms with Gasteiger partial charge in [0, 0.05) is 38.3 Å². The van der Waals surface area contributed by atoms with Gasteiger partial charge in [-0.1, -0.05) is 56.3 Å². The van der Waals surface area contributed by atoms with Crippen molar-refractivity contribution in [3.8, 4) is 11.4 Å². The van der Waals surface area contributed by atoms with Crippen molar-refractivity contribution in [3.63, 3.8) is 0 Å². The molecule has 5 heteroatoms. The highest BCUT2D eigenvalue weighted by Gasteiger charge is 2.28. The molecule has 1 aliphatic heterocycles. The Balaban J connectivity index is 1.97. The normalized spacial score (nSPS) is 14.3. The molecule has 2 aromatic rings. The SMILES string of the molecule is C=C(C)CNC(=O)c1nc(-c2ccccc2)n2c1CN(CC(C)C)CC2. The van der Waals surface area contributed by atoms with Crippen LogP contribution in [-0.2, 0) is 13.1 Å². The minimum atomic E-state index is -0.120. The van der Waals surface area contributed by atoms with E-state index in [1.807, 2.05) is 37.3 Å². The maximum Gasteiger partial charge on any atom is 0.272 e. The van der Waals surface area contributed by atoms with Crippen molar-refractivity contribution >= 4 is 5.91 Å². The average molecular weight is 352 g/mol. The Morgan fingerprint density at radius 1 is 1.27 bits per heavy atom. The number of nitrogens with one attached hydrogen (secondary N) is 1. The van der Waals surface area contributed by atoms with Gasteiger partial charge in [-0.05, 0) is 12.8 Å². The summed E-state index contributed by atoms with van der Waals surface area (Å²) in [5.41, 5.74) is 3.52. The molecule has 1 aromatic heterocycles. The molecule has 1 aromatic carbocycles. The van der Waals surface area contributed by atoms with Crippen LogP contribution in [0.4, 0.5) is 0 Å². The number of carbonyl (C=O) groups is 1. The fourth-order valence-corrected chi connectivity index (χ4v) is 3.40. The monoisotopic (exact) mass is 352 g/mol. The molecule has 0 spiro atoms. The van der Waals surface area contributed by atoms with E-state index in [1.165, 1.54) is 0 Å². The second kappa shape index (κ2) is 7.87. The van der Waals surface area contributed by atoms with Crippen LogP contribution in [0.1, 0.15) is 37.0 Å². The number of hydrogen-bond acceptors (Lipinski definition) is 3. The van der Waals surface area contributed by atoms with Gasteiger partial charge in [-0.3, -0.25) is 9.69 Å². The van der Waals surface area contributed by atoms with Gasteiger partial charge in [-0.2, -0.15) is 0 Å². The summed E-state index contributed by atoms with van der Waals surface area (Å²) in [4.78, 5) is 19.9. The number of imidazole rings is 1. The van der Waals surface area contributed by atoms with E-state index in [4.69, 9.17) is 4.98 Å². The van der Waals surface area contributed by atoms with E-state index in [1.54, 1.807) is 0 Å². The largest absolute Gasteiger partial charge is 0.347 e. The van der Waals surface area contributed by atoms with Crippen molar-refractivity contribution < 1.29 is 4.79 Å². The molecule has 2 heterocycles. The van der Waals surface area contributed by atoms with Crippen LogP contribution in [0.25, 0.3) is 11.4 Å². The van der Waals surface area contributed by atoms with Crippen LogP contribution in [0, 0.1) is 5.92 Å². The van der Waals surface area contributed by atoms with Gasteiger partial charge in [-0.25, -0.2) is 4.98 Å². The summed E-state index contributed by atoms with van der Waals surface area (Å²) in [5.74, 6) is 1.36. The number of carbonyl (C=O) groups excluding carboxylic acids is 1. The van der Waals surface area contributed by atoms with Crippen molar-refractivity contribution in [2.75, 3.05) is 19.6 Å². The zero-order valence-corrected chi connectivity index (χ0v) is 16.0. The molecular weight excluding hydrogens is 324 g/mol. The number of amides is 1. The lowest BCUT2D eigenvalue weighted by Crippen LogP contribution is -2.37. The number of aromatic nitrogens is 2. The van der Waals surface area contributed by atoms with Gasteiger partial charge in [0.2, 0.25) is 0 Å². The van der Waals surface area contributed by atoms with E-state index in [0.717, 1.165) is 48.8 Å². The summed E-state index contributed by atoms with van der Waals surface area (Å²) >= 11 is 0. The second-order valence-corrected chi connectivity index (χ2v) is 7.52. The van der Waals surface area contributed by atoms with Crippen molar-refractivity contribution in [1.29, 1.82) is 0 Å². The van der Waals surface area contributed by atoms with E-state index < -0.39 is 0 Å². The van der Waals surface area contributed by atoms with Crippen LogP contribution in [0.2, 0.25) is 0 Å². The molecule has 0 fully saturated rings. The summed E-state index contributed by atoms with van der Waals surface area (Å²) in [6.45, 7) is 14.3. The van der Waals surface area contributed by atoms with E-state index in [9.17, 15) is 4.79 Å². The van der Waals surface area contributed by atoms with Crippen LogP contribution in [0.15, 0.2) is 42.5 Å². The van der Waals surface area contributed by atoms with Crippen LogP contribution in [0.3, 0.4) is 0 Å². The lowest BCUT2D eigenvalue weighted by Gasteiger charge is -2.30. The van der Waals surface area contributed by atoms with Crippen LogP contribution in [0.5, 0.6) is 0 Å². The minimum absolute atomic E-state index is 0.120. The Morgan fingerprint density at radius 3 is 2.65 bits per heavy atom. The van der Waals surface area contributed by atoms with Crippen molar-refractivity contribution in [2.24, 2.45) is 5.92 Å². The first-order valence-electron chi connectivity index (χ1n) is 9.25. The van der Waals surface area contributed by atoms with Crippen LogP contribution >= 0.6 is 0 Å². The van der Waals surface area contributed by atoms with Gasteiger partial charge in [0.05, 0.1) is 5.69 Å². The Labute approximate surface area is 155 Å². The molecule has 0 bridgehead atoms. The molecule has 1 N–H and O–H groups in total. The number of hydrogen-bond donors (Lipinski definition) is 1. The minimum Gasteiger partial charge on any atom is -0.347 e. The van der Waals surface area contributed by atoms with Gasteiger partial charge < -0.3 is 9.88 Å². The summed E-state index contributed by atoms with van der Waals surface area (Å²) in [5, 5.41) is 2.94. The lowest BCUT2D eigenvalue weighted by molar-refractivity contribution is 0.0948. The van der Waals surface area contributed by atoms with Gasteiger partial charge in [-0.15, -0.1) is 0 Å². The smallest absolute Gasteiger partial charge is 0.272 e. The molecule has 3 rings (SSSR count). The fraction of sp³-hybridized carbons (Fsp3) is 0.429. The molecule has 0 atom stereocenters. The molecule has 0 aliphatic carbocycles. The third-order valence-corrected chi connectivity index (χ3v) is 4.51. The molecule has 1 aliphatic rings. The highest BCUT2D eigenvalue weighted by Crippen LogP contribution is 2.26. The van der Waals surface area contributed by atoms with E-state index in [-0.39, 0.29) is 5.91 Å². The Hall–Kier alpha value is -2.40. The van der Waals surface area contributed by atoms with E-state index in [2.05, 4.69) is 35.2 Å². The Morgan fingerprint density at radius 2 is 2.00 bits per heavy atom. The summed E-state index contributed by atoms with van der Waals surface area (Å²) in [6.07, 6.45) is 0. The first-order valence-corrected chi connectivity index (χ1v) is 9.25. The standard InChI is InChI=1S/C21H28N4O/c1-15(2)12-22-21(26)19-18-14-24(13-16(3)4)10-11-25(18)20(23-19)17-8-6-5-7-9-17/h5-9,16H,1,10-14H2,2-4H3,(H,22,26). The highest BCUT2D eigenvalue weighted by molar-refractivity contribution is 5.94. The maximum absolute atomic E-state index is 12.7. The number of fused-ring (bicyclic) bond motifs is 1. The van der Waals surface area contributed by atoms with E-state index in [0.29, 0.717) is 18.2 Å². The van der Waals surface area contributed by atoms with Crippen molar-refractivity contribution in [1.82, 2.24) is 19.8 Å². The topological polar surface area (TPSA) is 50.2 Å². The Kier molecular flexibility index (Phi) is 5.57. The number of benzene rings is 1. The number of nitrogens with zero attached hydrogens (tertiary/aromatic N) is 3. The third kappa shape index (κ3) is 4.05. The van der Waals surface area contributed by atoms with Crippen LogP contribution < -0.4 is 5.32 Å². The van der Waals surface area contributed by atoms with Gasteiger partial charge in [0.15, 0.2) is 5.69 Å². The summed E-state index contributed by atoms with van der Waals surface area (Å²) in [6, 6.07) is 10.1. The molecule has 0 saturated carbocycles. The second-order valence-electron chi connectivity index (χ2n) is 7.52. The first kappa shape index (κ1) is 18.4. The van der Waals surface area contributed by atoms with Crippen LogP contribution in [-0.4, -0.2) is 40.0 Å². The number of rotatable bonds is 6. The molecular formula is C21H28N4O. The molecule has 5 nitrogen and oxygen atoms in total. The zero-order valence-electron chi connectivity index (χ0n) is 16.0. The quantitative estimate of drug-likeness (QED) is 0.812. The third-order valence-electron chi connectivity index (χ3n) is 4.51. The van der Waals surface area contributed by atoms with E-state index >= 15 is 0 Å². The van der Waals surface area contributed by atoms with Crippen molar-refractivity contribution in [3.05, 3.63) is 53.9 Å². The lowest BCUT2D eigenvalue weighted by atomic mass is 10.1. The highest BCUT2D eigenvalue weighted by atomic mass is 16.1. The molecule has 0 radical (unpaired) electrons. The zero-order chi connectivity index (χ0) is 18.7. The Bertz CT molecular complexity index is 792. The maximum atomic E-state index is 12.7. The molecule has 26 heavy (non-hydrogen) atoms. The molecule has 0 unspecified atom stereocenters. The molecule has 138 valence electrons. The predicted octanol–water partition coefficient (Wildman–Crippen LogP) is 3.33. The molecule has 0 saturated heterocycles. The van der Waals surface area contributed by atoms with Gasteiger partial charge in [0.25, 0.3) is 5.91 Å². The predicted molar refractivity (Wildman–Crippen MR) is 105 cm³/mol. The van der Waals surface area contributed by atoms with Crippen molar-refractivity contribution in [2.45, 2.75) is 33.9 Å². The average Bonchev–Trinajstić information content (AvgIpc) is 2.99. The van der Waals surface area contributed by atoms with Gasteiger partial charge in [0.1, 0.15) is 5.82 Å². The first-order chi connectivity index (χ1) is 12.5. The fourth-order valence-electron chi connectivity index (χ4n) is 3.40. The summed E-state index contributed by atoms with van der Waals surface area (Å²) < 4.78 is 2.21. The summed E-state index contributed by atoms with van der Waals surface area (Å²) in [7, 11) is 0. The molecule has 1 amide bonds. The van der Waals surface area contributed by atoms with Gasteiger partial charge >= 0.3 is 0 Å².